The first-order valence-electron chi connectivity index (χ1n) is 7.61. The lowest BCUT2D eigenvalue weighted by Gasteiger charge is -2.27. The van der Waals surface area contributed by atoms with Crippen molar-refractivity contribution in [2.24, 2.45) is 0 Å². The van der Waals surface area contributed by atoms with Gasteiger partial charge in [-0.05, 0) is 48.4 Å². The minimum Gasteiger partial charge on any atom is -0.456 e. The van der Waals surface area contributed by atoms with E-state index in [0.29, 0.717) is 31.0 Å². The number of hydrogen-bond donors (Lipinski definition) is 0. The molecule has 1 aromatic carbocycles. The molecule has 0 atom stereocenters. The van der Waals surface area contributed by atoms with Gasteiger partial charge in [-0.25, -0.2) is 0 Å². The van der Waals surface area contributed by atoms with E-state index in [-0.39, 0.29) is 5.91 Å². The van der Waals surface area contributed by atoms with Crippen LogP contribution in [0.3, 0.4) is 0 Å². The van der Waals surface area contributed by atoms with Gasteiger partial charge in [0, 0.05) is 6.54 Å². The Bertz CT molecular complexity index is 801. The molecule has 0 saturated carbocycles. The Morgan fingerprint density at radius 1 is 1.24 bits per heavy atom. The zero-order chi connectivity index (χ0) is 18.0. The van der Waals surface area contributed by atoms with Gasteiger partial charge in [0.2, 0.25) is 5.91 Å². The van der Waals surface area contributed by atoms with Crippen LogP contribution in [0.25, 0.3) is 0 Å². The smallest absolute Gasteiger partial charge is 0.416 e. The molecule has 1 aliphatic heterocycles. The van der Waals surface area contributed by atoms with Crippen molar-refractivity contribution in [2.75, 3.05) is 6.54 Å². The second-order valence-electron chi connectivity index (χ2n) is 5.61. The van der Waals surface area contributed by atoms with Crippen LogP contribution in [0, 0.1) is 0 Å². The Hall–Kier alpha value is -2.83. The first kappa shape index (κ1) is 17.0. The van der Waals surface area contributed by atoms with Crippen molar-refractivity contribution in [3.63, 3.8) is 0 Å². The van der Waals surface area contributed by atoms with E-state index in [4.69, 9.17) is 4.74 Å². The van der Waals surface area contributed by atoms with Gasteiger partial charge in [-0.1, -0.05) is 6.58 Å². The predicted molar refractivity (Wildman–Crippen MR) is 85.1 cm³/mol. The molecule has 1 aromatic heterocycles. The zero-order valence-corrected chi connectivity index (χ0v) is 13.2. The van der Waals surface area contributed by atoms with Crippen LogP contribution < -0.4 is 4.74 Å². The van der Waals surface area contributed by atoms with Gasteiger partial charge in [0.25, 0.3) is 0 Å². The standard InChI is InChI=1S/C18H15F3N2O2/c1-2-17(24)23-8-7-12-9-15(10-22-16(12)11-23)25-14-5-3-13(4-6-14)18(19,20)21/h2-6,9-10H,1,7-8,11H2. The number of fused-ring (bicyclic) bond motifs is 1. The van der Waals surface area contributed by atoms with Crippen LogP contribution in [-0.2, 0) is 23.9 Å². The summed E-state index contributed by atoms with van der Waals surface area (Å²) in [5, 5.41) is 0. The van der Waals surface area contributed by atoms with Crippen LogP contribution in [0.5, 0.6) is 11.5 Å². The molecule has 0 radical (unpaired) electrons. The summed E-state index contributed by atoms with van der Waals surface area (Å²) in [7, 11) is 0. The molecule has 3 rings (SSSR count). The maximum atomic E-state index is 12.6. The number of hydrogen-bond acceptors (Lipinski definition) is 3. The number of carbonyl (C=O) groups is 1. The number of carbonyl (C=O) groups excluding carboxylic acids is 1. The molecule has 2 heterocycles. The van der Waals surface area contributed by atoms with Crippen molar-refractivity contribution < 1.29 is 22.7 Å². The van der Waals surface area contributed by atoms with E-state index in [0.717, 1.165) is 23.4 Å². The molecule has 0 saturated heterocycles. The summed E-state index contributed by atoms with van der Waals surface area (Å²) in [6, 6.07) is 6.29. The maximum absolute atomic E-state index is 12.6. The van der Waals surface area contributed by atoms with E-state index in [2.05, 4.69) is 11.6 Å². The summed E-state index contributed by atoms with van der Waals surface area (Å²) >= 11 is 0. The largest absolute Gasteiger partial charge is 0.456 e. The molecule has 130 valence electrons. The number of ether oxygens (including phenoxy) is 1. The van der Waals surface area contributed by atoms with Crippen LogP contribution >= 0.6 is 0 Å². The van der Waals surface area contributed by atoms with Crippen LogP contribution in [0.15, 0.2) is 49.2 Å². The molecule has 0 fully saturated rings. The highest BCUT2D eigenvalue weighted by molar-refractivity contribution is 5.87. The molecule has 4 nitrogen and oxygen atoms in total. The lowest BCUT2D eigenvalue weighted by Crippen LogP contribution is -2.35. The third-order valence-corrected chi connectivity index (χ3v) is 3.93. The number of benzene rings is 1. The number of aromatic nitrogens is 1. The van der Waals surface area contributed by atoms with Crippen LogP contribution in [0.1, 0.15) is 16.8 Å². The average molecular weight is 348 g/mol. The van der Waals surface area contributed by atoms with E-state index in [9.17, 15) is 18.0 Å². The lowest BCUT2D eigenvalue weighted by atomic mass is 10.0. The number of nitrogens with zero attached hydrogens (tertiary/aromatic N) is 2. The van der Waals surface area contributed by atoms with Gasteiger partial charge in [-0.2, -0.15) is 13.2 Å². The highest BCUT2D eigenvalue weighted by atomic mass is 19.4. The van der Waals surface area contributed by atoms with Gasteiger partial charge in [0.1, 0.15) is 11.5 Å². The Morgan fingerprint density at radius 2 is 1.96 bits per heavy atom. The Kier molecular flexibility index (Phi) is 4.48. The monoisotopic (exact) mass is 348 g/mol. The molecule has 7 heteroatoms. The fourth-order valence-corrected chi connectivity index (χ4v) is 2.61. The van der Waals surface area contributed by atoms with Crippen molar-refractivity contribution >= 4 is 5.91 Å². The fourth-order valence-electron chi connectivity index (χ4n) is 2.61. The number of halogens is 3. The highest BCUT2D eigenvalue weighted by Gasteiger charge is 2.30. The fraction of sp³-hybridized carbons (Fsp3) is 0.222. The van der Waals surface area contributed by atoms with Gasteiger partial charge in [0.15, 0.2) is 0 Å². The van der Waals surface area contributed by atoms with Crippen molar-refractivity contribution in [3.8, 4) is 11.5 Å². The maximum Gasteiger partial charge on any atom is 0.416 e. The summed E-state index contributed by atoms with van der Waals surface area (Å²) in [5.74, 6) is 0.605. The zero-order valence-electron chi connectivity index (χ0n) is 13.2. The summed E-state index contributed by atoms with van der Waals surface area (Å²) < 4.78 is 43.3. The van der Waals surface area contributed by atoms with Crippen LogP contribution in [0.4, 0.5) is 13.2 Å². The first-order valence-corrected chi connectivity index (χ1v) is 7.61. The number of amides is 1. The van der Waals surface area contributed by atoms with Crippen molar-refractivity contribution in [3.05, 3.63) is 66.0 Å². The van der Waals surface area contributed by atoms with Crippen molar-refractivity contribution in [1.29, 1.82) is 0 Å². The van der Waals surface area contributed by atoms with Crippen LogP contribution in [-0.4, -0.2) is 22.3 Å². The normalized spacial score (nSPS) is 14.0. The molecule has 0 spiro atoms. The third kappa shape index (κ3) is 3.81. The molecule has 0 aliphatic carbocycles. The summed E-state index contributed by atoms with van der Waals surface area (Å²) in [5.41, 5.74) is 1.01. The second kappa shape index (κ2) is 6.58. The molecule has 1 aliphatic rings. The molecule has 0 N–H and O–H groups in total. The number of rotatable bonds is 3. The van der Waals surface area contributed by atoms with Gasteiger partial charge in [0.05, 0.1) is 24.0 Å². The predicted octanol–water partition coefficient (Wildman–Crippen LogP) is 3.96. The van der Waals surface area contributed by atoms with E-state index >= 15 is 0 Å². The molecule has 2 aromatic rings. The topological polar surface area (TPSA) is 42.4 Å². The van der Waals surface area contributed by atoms with Crippen LogP contribution in [0.2, 0.25) is 0 Å². The average Bonchev–Trinajstić information content (AvgIpc) is 2.60. The quantitative estimate of drug-likeness (QED) is 0.789. The Balaban J connectivity index is 1.73. The molecule has 1 amide bonds. The number of pyridine rings is 1. The molecular weight excluding hydrogens is 333 g/mol. The second-order valence-corrected chi connectivity index (χ2v) is 5.61. The Morgan fingerprint density at radius 3 is 2.60 bits per heavy atom. The SMILES string of the molecule is C=CC(=O)N1CCc2cc(Oc3ccc(C(F)(F)F)cc3)cnc2C1. The summed E-state index contributed by atoms with van der Waals surface area (Å²) in [6.45, 7) is 4.43. The summed E-state index contributed by atoms with van der Waals surface area (Å²) in [4.78, 5) is 17.6. The van der Waals surface area contributed by atoms with E-state index in [1.165, 1.54) is 24.4 Å². The van der Waals surface area contributed by atoms with E-state index < -0.39 is 11.7 Å². The first-order chi connectivity index (χ1) is 11.9. The van der Waals surface area contributed by atoms with Crippen molar-refractivity contribution in [2.45, 2.75) is 19.1 Å². The minimum absolute atomic E-state index is 0.141. The molecule has 0 unspecified atom stereocenters. The van der Waals surface area contributed by atoms with Gasteiger partial charge in [-0.15, -0.1) is 0 Å². The van der Waals surface area contributed by atoms with Crippen molar-refractivity contribution in [1.82, 2.24) is 9.88 Å². The minimum atomic E-state index is -4.37. The van der Waals surface area contributed by atoms with Gasteiger partial charge in [-0.3, -0.25) is 9.78 Å². The van der Waals surface area contributed by atoms with Gasteiger partial charge < -0.3 is 9.64 Å². The summed E-state index contributed by atoms with van der Waals surface area (Å²) in [6.07, 6.45) is -0.974. The molecule has 0 bridgehead atoms. The molecule has 25 heavy (non-hydrogen) atoms. The highest BCUT2D eigenvalue weighted by Crippen LogP contribution is 2.31. The lowest BCUT2D eigenvalue weighted by molar-refractivity contribution is -0.137. The Labute approximate surface area is 142 Å². The van der Waals surface area contributed by atoms with E-state index in [1.54, 1.807) is 11.0 Å². The van der Waals surface area contributed by atoms with Gasteiger partial charge >= 0.3 is 6.18 Å². The number of alkyl halides is 3. The third-order valence-electron chi connectivity index (χ3n) is 3.93. The van der Waals surface area contributed by atoms with E-state index in [1.807, 2.05) is 0 Å². The molecular formula is C18H15F3N2O2.